The van der Waals surface area contributed by atoms with Crippen LogP contribution >= 0.6 is 11.3 Å². The van der Waals surface area contributed by atoms with E-state index in [-0.39, 0.29) is 12.7 Å². The van der Waals surface area contributed by atoms with Gasteiger partial charge < -0.3 is 9.84 Å². The summed E-state index contributed by atoms with van der Waals surface area (Å²) < 4.78 is 8.48. The van der Waals surface area contributed by atoms with Gasteiger partial charge in [0.05, 0.1) is 12.7 Å². The van der Waals surface area contributed by atoms with E-state index in [1.165, 1.54) is 25.7 Å². The number of hydrogen-bond donors (Lipinski definition) is 1. The summed E-state index contributed by atoms with van der Waals surface area (Å²) >= 11 is 1.89. The molecule has 1 aromatic heterocycles. The van der Waals surface area contributed by atoms with Crippen molar-refractivity contribution in [2.75, 3.05) is 26.3 Å². The first kappa shape index (κ1) is 15.1. The fourth-order valence-electron chi connectivity index (χ4n) is 3.41. The third-order valence-corrected chi connectivity index (χ3v) is 5.82. The first-order valence-electron chi connectivity index (χ1n) is 8.19. The van der Waals surface area contributed by atoms with Crippen molar-refractivity contribution in [2.45, 2.75) is 19.1 Å². The molecule has 2 heterocycles. The molecule has 3 aromatic rings. The number of hydrogen-bond acceptors (Lipinski definition) is 4. The van der Waals surface area contributed by atoms with Crippen LogP contribution in [-0.2, 0) is 11.3 Å². The standard InChI is InChI=1S/C19H21NO2S/c21-10-8-15-13-20(9-11-22-15)12-14-4-3-6-17-16-5-1-2-7-18(16)23-19(14)17/h1-7,15,21H,8-13H2. The molecule has 4 heteroatoms. The fourth-order valence-corrected chi connectivity index (χ4v) is 4.62. The second-order valence-electron chi connectivity index (χ2n) is 6.13. The van der Waals surface area contributed by atoms with Gasteiger partial charge in [-0.1, -0.05) is 36.4 Å². The SMILES string of the molecule is OCCC1CN(Cc2cccc3c2sc2ccccc23)CCO1. The summed E-state index contributed by atoms with van der Waals surface area (Å²) in [6.45, 7) is 3.78. The molecule has 3 nitrogen and oxygen atoms in total. The predicted molar refractivity (Wildman–Crippen MR) is 96.1 cm³/mol. The average molecular weight is 327 g/mol. The minimum Gasteiger partial charge on any atom is -0.396 e. The molecule has 1 N–H and O–H groups in total. The Labute approximate surface area is 140 Å². The molecule has 0 bridgehead atoms. The van der Waals surface area contributed by atoms with Crippen molar-refractivity contribution in [2.24, 2.45) is 0 Å². The van der Waals surface area contributed by atoms with Crippen LogP contribution in [0.1, 0.15) is 12.0 Å². The van der Waals surface area contributed by atoms with Crippen molar-refractivity contribution in [1.29, 1.82) is 0 Å². The van der Waals surface area contributed by atoms with Gasteiger partial charge >= 0.3 is 0 Å². The topological polar surface area (TPSA) is 32.7 Å². The summed E-state index contributed by atoms with van der Waals surface area (Å²) in [5.74, 6) is 0. The summed E-state index contributed by atoms with van der Waals surface area (Å²) in [5, 5.41) is 11.8. The van der Waals surface area contributed by atoms with E-state index in [1.807, 2.05) is 11.3 Å². The molecule has 23 heavy (non-hydrogen) atoms. The molecule has 4 rings (SSSR count). The van der Waals surface area contributed by atoms with Crippen molar-refractivity contribution in [3.05, 3.63) is 48.0 Å². The van der Waals surface area contributed by atoms with Gasteiger partial charge in [-0.05, 0) is 18.1 Å². The minimum atomic E-state index is 0.162. The van der Waals surface area contributed by atoms with Gasteiger partial charge in [0, 0.05) is 46.4 Å². The van der Waals surface area contributed by atoms with Crippen LogP contribution in [0, 0.1) is 0 Å². The van der Waals surface area contributed by atoms with Crippen LogP contribution in [0.2, 0.25) is 0 Å². The van der Waals surface area contributed by atoms with Crippen LogP contribution in [0.5, 0.6) is 0 Å². The predicted octanol–water partition coefficient (Wildman–Crippen LogP) is 3.64. The lowest BCUT2D eigenvalue weighted by Gasteiger charge is -2.32. The lowest BCUT2D eigenvalue weighted by Crippen LogP contribution is -2.42. The Morgan fingerprint density at radius 2 is 2.00 bits per heavy atom. The Bertz CT molecular complexity index is 811. The van der Waals surface area contributed by atoms with Crippen LogP contribution in [0.3, 0.4) is 0 Å². The second kappa shape index (κ2) is 6.57. The van der Waals surface area contributed by atoms with Crippen LogP contribution in [0.15, 0.2) is 42.5 Å². The van der Waals surface area contributed by atoms with Gasteiger partial charge in [-0.3, -0.25) is 4.90 Å². The van der Waals surface area contributed by atoms with Crippen molar-refractivity contribution in [1.82, 2.24) is 4.90 Å². The molecule has 0 radical (unpaired) electrons. The summed E-state index contributed by atoms with van der Waals surface area (Å²) in [6.07, 6.45) is 0.888. The Kier molecular flexibility index (Phi) is 4.31. The highest BCUT2D eigenvalue weighted by molar-refractivity contribution is 7.26. The van der Waals surface area contributed by atoms with Gasteiger partial charge in [-0.2, -0.15) is 0 Å². The summed E-state index contributed by atoms with van der Waals surface area (Å²) in [6, 6.07) is 15.3. The zero-order valence-corrected chi connectivity index (χ0v) is 13.9. The molecular weight excluding hydrogens is 306 g/mol. The van der Waals surface area contributed by atoms with E-state index in [1.54, 1.807) is 0 Å². The molecule has 1 aliphatic heterocycles. The van der Waals surface area contributed by atoms with Gasteiger partial charge in [0.15, 0.2) is 0 Å². The van der Waals surface area contributed by atoms with Gasteiger partial charge in [0.2, 0.25) is 0 Å². The van der Waals surface area contributed by atoms with E-state index in [2.05, 4.69) is 47.4 Å². The van der Waals surface area contributed by atoms with E-state index >= 15 is 0 Å². The quantitative estimate of drug-likeness (QED) is 0.794. The second-order valence-corrected chi connectivity index (χ2v) is 7.18. The Morgan fingerprint density at radius 3 is 2.91 bits per heavy atom. The van der Waals surface area contributed by atoms with Gasteiger partial charge in [0.25, 0.3) is 0 Å². The number of aliphatic hydroxyl groups is 1. The molecule has 0 saturated carbocycles. The van der Waals surface area contributed by atoms with Crippen molar-refractivity contribution >= 4 is 31.5 Å². The number of thiophene rings is 1. The number of morpholine rings is 1. The number of fused-ring (bicyclic) bond motifs is 3. The molecule has 0 aliphatic carbocycles. The largest absolute Gasteiger partial charge is 0.396 e. The summed E-state index contributed by atoms with van der Waals surface area (Å²) in [5.41, 5.74) is 1.40. The molecule has 0 spiro atoms. The first-order chi connectivity index (χ1) is 11.3. The van der Waals surface area contributed by atoms with E-state index in [9.17, 15) is 0 Å². The smallest absolute Gasteiger partial charge is 0.0724 e. The van der Waals surface area contributed by atoms with E-state index in [0.717, 1.165) is 32.7 Å². The highest BCUT2D eigenvalue weighted by Crippen LogP contribution is 2.36. The molecule has 120 valence electrons. The van der Waals surface area contributed by atoms with Crippen LogP contribution in [0.25, 0.3) is 20.2 Å². The Hall–Kier alpha value is -1.46. The molecule has 1 unspecified atom stereocenters. The summed E-state index contributed by atoms with van der Waals surface area (Å²) in [7, 11) is 0. The lowest BCUT2D eigenvalue weighted by atomic mass is 10.1. The van der Waals surface area contributed by atoms with E-state index in [0.29, 0.717) is 0 Å². The van der Waals surface area contributed by atoms with Crippen LogP contribution < -0.4 is 0 Å². The maximum atomic E-state index is 9.12. The maximum absolute atomic E-state index is 9.12. The van der Waals surface area contributed by atoms with Crippen LogP contribution in [-0.4, -0.2) is 42.4 Å². The van der Waals surface area contributed by atoms with Gasteiger partial charge in [-0.25, -0.2) is 0 Å². The normalized spacial score (nSPS) is 19.6. The first-order valence-corrected chi connectivity index (χ1v) is 9.01. The maximum Gasteiger partial charge on any atom is 0.0724 e. The monoisotopic (exact) mass is 327 g/mol. The Morgan fingerprint density at radius 1 is 1.13 bits per heavy atom. The van der Waals surface area contributed by atoms with Gasteiger partial charge in [0.1, 0.15) is 0 Å². The fraction of sp³-hybridized carbons (Fsp3) is 0.368. The van der Waals surface area contributed by atoms with Crippen molar-refractivity contribution < 1.29 is 9.84 Å². The molecule has 1 atom stereocenters. The molecule has 1 fully saturated rings. The molecule has 1 aliphatic rings. The molecule has 0 amide bonds. The van der Waals surface area contributed by atoms with Crippen molar-refractivity contribution in [3.63, 3.8) is 0 Å². The Balaban J connectivity index is 1.64. The summed E-state index contributed by atoms with van der Waals surface area (Å²) in [4.78, 5) is 2.45. The number of aliphatic hydroxyl groups excluding tert-OH is 1. The van der Waals surface area contributed by atoms with Crippen LogP contribution in [0.4, 0.5) is 0 Å². The molecular formula is C19H21NO2S. The number of rotatable bonds is 4. The minimum absolute atomic E-state index is 0.162. The van der Waals surface area contributed by atoms with E-state index < -0.39 is 0 Å². The third-order valence-electron chi connectivity index (χ3n) is 4.55. The number of ether oxygens (including phenoxy) is 1. The molecule has 1 saturated heterocycles. The highest BCUT2D eigenvalue weighted by atomic mass is 32.1. The van der Waals surface area contributed by atoms with Gasteiger partial charge in [-0.15, -0.1) is 11.3 Å². The number of benzene rings is 2. The zero-order chi connectivity index (χ0) is 15.6. The van der Waals surface area contributed by atoms with Crippen molar-refractivity contribution in [3.8, 4) is 0 Å². The van der Waals surface area contributed by atoms with E-state index in [4.69, 9.17) is 9.84 Å². The lowest BCUT2D eigenvalue weighted by molar-refractivity contribution is -0.0405. The number of nitrogens with zero attached hydrogens (tertiary/aromatic N) is 1. The zero-order valence-electron chi connectivity index (χ0n) is 13.1. The third kappa shape index (κ3) is 3.00. The molecule has 2 aromatic carbocycles. The highest BCUT2D eigenvalue weighted by Gasteiger charge is 2.21. The average Bonchev–Trinajstić information content (AvgIpc) is 2.96.